The van der Waals surface area contributed by atoms with Crippen LogP contribution in [0.3, 0.4) is 0 Å². The van der Waals surface area contributed by atoms with E-state index in [1.807, 2.05) is 15.3 Å². The number of nitrogens with one attached hydrogen (secondary N) is 1. The molecule has 4 aromatic rings. The molecule has 4 heterocycles. The molecule has 0 spiro atoms. The van der Waals surface area contributed by atoms with Crippen molar-refractivity contribution in [1.29, 1.82) is 0 Å². The van der Waals surface area contributed by atoms with Crippen LogP contribution in [0.15, 0.2) is 48.9 Å². The van der Waals surface area contributed by atoms with Gasteiger partial charge in [0.1, 0.15) is 17.6 Å². The summed E-state index contributed by atoms with van der Waals surface area (Å²) >= 11 is 0. The van der Waals surface area contributed by atoms with Gasteiger partial charge in [-0.2, -0.15) is 10.2 Å². The molecule has 0 aliphatic carbocycles. The molecule has 1 aromatic carbocycles. The number of nitrogens with two attached hydrogens (primary N) is 1. The molecule has 0 bridgehead atoms. The molecular weight excluding hydrogens is 440 g/mol. The van der Waals surface area contributed by atoms with E-state index in [-0.39, 0.29) is 30.0 Å². The summed E-state index contributed by atoms with van der Waals surface area (Å²) in [5, 5.41) is 12.5. The van der Waals surface area contributed by atoms with Gasteiger partial charge in [0.25, 0.3) is 0 Å². The third-order valence-corrected chi connectivity index (χ3v) is 6.93. The Balaban J connectivity index is 1.65. The number of anilines is 2. The number of rotatable bonds is 5. The highest BCUT2D eigenvalue weighted by Crippen LogP contribution is 2.37. The second kappa shape index (κ2) is 8.81. The summed E-state index contributed by atoms with van der Waals surface area (Å²) in [6.07, 6.45) is 3.29. The molecule has 3 unspecified atom stereocenters. The zero-order valence-corrected chi connectivity index (χ0v) is 20.8. The van der Waals surface area contributed by atoms with Gasteiger partial charge in [-0.15, -0.1) is 0 Å². The summed E-state index contributed by atoms with van der Waals surface area (Å²) in [6, 6.07) is 12.8. The van der Waals surface area contributed by atoms with E-state index >= 15 is 0 Å². The lowest BCUT2D eigenvalue weighted by Crippen LogP contribution is -2.63. The minimum atomic E-state index is -0.195. The van der Waals surface area contributed by atoms with Gasteiger partial charge in [0.2, 0.25) is 0 Å². The van der Waals surface area contributed by atoms with Crippen LogP contribution in [0, 0.1) is 0 Å². The Morgan fingerprint density at radius 1 is 1.14 bits per heavy atom. The summed E-state index contributed by atoms with van der Waals surface area (Å²) in [4.78, 5) is 18.8. The van der Waals surface area contributed by atoms with Gasteiger partial charge in [-0.05, 0) is 58.9 Å². The van der Waals surface area contributed by atoms with Crippen LogP contribution in [0.25, 0.3) is 28.0 Å². The molecule has 1 aliphatic heterocycles. The number of piperazine rings is 1. The van der Waals surface area contributed by atoms with Crippen molar-refractivity contribution in [3.05, 3.63) is 48.9 Å². The first-order valence-electron chi connectivity index (χ1n) is 12.1. The molecule has 0 amide bonds. The Morgan fingerprint density at radius 2 is 1.94 bits per heavy atom. The van der Waals surface area contributed by atoms with Crippen molar-refractivity contribution in [3.8, 4) is 22.5 Å². The van der Waals surface area contributed by atoms with E-state index in [9.17, 15) is 4.79 Å². The number of aromatic nitrogens is 5. The first kappa shape index (κ1) is 23.0. The van der Waals surface area contributed by atoms with Crippen LogP contribution in [0.2, 0.25) is 0 Å². The fourth-order valence-corrected chi connectivity index (χ4v) is 5.34. The van der Waals surface area contributed by atoms with Crippen molar-refractivity contribution in [2.75, 3.05) is 17.2 Å². The van der Waals surface area contributed by atoms with Crippen molar-refractivity contribution in [2.24, 2.45) is 0 Å². The van der Waals surface area contributed by atoms with E-state index in [4.69, 9.17) is 5.73 Å². The van der Waals surface area contributed by atoms with Gasteiger partial charge in [0.15, 0.2) is 5.82 Å². The molecule has 1 fully saturated rings. The Morgan fingerprint density at radius 3 is 2.69 bits per heavy atom. The lowest BCUT2D eigenvalue weighted by atomic mass is 9.97. The molecular formula is C26H32N8O. The predicted octanol–water partition coefficient (Wildman–Crippen LogP) is 3.57. The molecule has 1 aliphatic rings. The molecule has 35 heavy (non-hydrogen) atoms. The van der Waals surface area contributed by atoms with Gasteiger partial charge in [0.05, 0.1) is 17.4 Å². The number of carbonyl (C=O) groups excluding carboxylic acids is 1. The molecule has 3 atom stereocenters. The number of nitrogen functional groups attached to an aromatic ring is 1. The third-order valence-electron chi connectivity index (χ3n) is 6.93. The molecule has 0 saturated carbocycles. The number of carbonyl (C=O) groups is 1. The first-order chi connectivity index (χ1) is 16.8. The molecule has 0 radical (unpaired) electrons. The number of fused-ring (bicyclic) bond motifs is 1. The molecule has 9 heteroatoms. The predicted molar refractivity (Wildman–Crippen MR) is 138 cm³/mol. The zero-order valence-electron chi connectivity index (χ0n) is 20.8. The van der Waals surface area contributed by atoms with Gasteiger partial charge in [-0.25, -0.2) is 9.50 Å². The van der Waals surface area contributed by atoms with E-state index in [1.165, 1.54) is 6.33 Å². The summed E-state index contributed by atoms with van der Waals surface area (Å²) in [7, 11) is 0. The maximum Gasteiger partial charge on any atom is 0.152 e. The fraction of sp³-hybridized carbons (Fsp3) is 0.385. The number of hydrogen-bond donors (Lipinski definition) is 2. The maximum atomic E-state index is 12.2. The van der Waals surface area contributed by atoms with Crippen LogP contribution in [0.4, 0.5) is 11.5 Å². The van der Waals surface area contributed by atoms with E-state index in [2.05, 4.69) is 83.4 Å². The highest BCUT2D eigenvalue weighted by Gasteiger charge is 2.34. The molecule has 3 N–H and O–H groups in total. The monoisotopic (exact) mass is 472 g/mol. The average molecular weight is 473 g/mol. The van der Waals surface area contributed by atoms with E-state index < -0.39 is 0 Å². The van der Waals surface area contributed by atoms with E-state index in [0.717, 1.165) is 40.3 Å². The number of Topliss-reactive ketones (excluding diaryl/α,β-unsaturated/α-hetero) is 1. The topological polar surface area (TPSA) is 106 Å². The maximum absolute atomic E-state index is 12.2. The van der Waals surface area contributed by atoms with Crippen LogP contribution in [0.5, 0.6) is 0 Å². The minimum Gasteiger partial charge on any atom is -0.382 e. The van der Waals surface area contributed by atoms with Gasteiger partial charge < -0.3 is 16.0 Å². The van der Waals surface area contributed by atoms with Crippen molar-refractivity contribution < 1.29 is 4.79 Å². The van der Waals surface area contributed by atoms with Crippen molar-refractivity contribution in [2.45, 2.75) is 58.8 Å². The molecule has 5 rings (SSSR count). The molecule has 3 aromatic heterocycles. The van der Waals surface area contributed by atoms with Crippen LogP contribution < -0.4 is 16.0 Å². The second-order valence-corrected chi connectivity index (χ2v) is 9.65. The van der Waals surface area contributed by atoms with Crippen LogP contribution in [0.1, 0.15) is 40.7 Å². The number of hydrogen-bond acceptors (Lipinski definition) is 7. The lowest BCUT2D eigenvalue weighted by molar-refractivity contribution is -0.119. The Bertz CT molecular complexity index is 1390. The molecule has 9 nitrogen and oxygen atoms in total. The number of nitrogens with zero attached hydrogens (tertiary/aromatic N) is 6. The molecule has 182 valence electrons. The van der Waals surface area contributed by atoms with Gasteiger partial charge in [0, 0.05) is 47.7 Å². The second-order valence-electron chi connectivity index (χ2n) is 9.65. The van der Waals surface area contributed by atoms with Gasteiger partial charge in [-0.3, -0.25) is 9.48 Å². The van der Waals surface area contributed by atoms with Crippen LogP contribution in [-0.4, -0.2) is 54.8 Å². The quantitative estimate of drug-likeness (QED) is 0.457. The fourth-order valence-electron chi connectivity index (χ4n) is 5.34. The summed E-state index contributed by atoms with van der Waals surface area (Å²) < 4.78 is 3.84. The minimum absolute atomic E-state index is 0.0319. The highest BCUT2D eigenvalue weighted by atomic mass is 16.1. The summed E-state index contributed by atoms with van der Waals surface area (Å²) in [5.41, 5.74) is 12.0. The Kier molecular flexibility index (Phi) is 5.80. The highest BCUT2D eigenvalue weighted by molar-refractivity contribution is 5.91. The summed E-state index contributed by atoms with van der Waals surface area (Å²) in [5.74, 6) is 0.573. The van der Waals surface area contributed by atoms with Crippen LogP contribution >= 0.6 is 0 Å². The zero-order chi connectivity index (χ0) is 24.9. The molecule has 1 saturated heterocycles. The average Bonchev–Trinajstić information content (AvgIpc) is 3.45. The normalized spacial score (nSPS) is 20.6. The third kappa shape index (κ3) is 3.85. The lowest BCUT2D eigenvalue weighted by Gasteiger charge is -2.45. The smallest absolute Gasteiger partial charge is 0.152 e. The van der Waals surface area contributed by atoms with Crippen molar-refractivity contribution >= 4 is 22.8 Å². The SMILES string of the molecule is CC(=O)C1NCC(C)N(c2cccc(-c3cc(-c4ccnn4C(C)C)c4c(N)ncnn34)c2)C1C. The van der Waals surface area contributed by atoms with Gasteiger partial charge >= 0.3 is 0 Å². The first-order valence-corrected chi connectivity index (χ1v) is 12.1. The van der Waals surface area contributed by atoms with Crippen molar-refractivity contribution in [3.63, 3.8) is 0 Å². The van der Waals surface area contributed by atoms with Gasteiger partial charge in [-0.1, -0.05) is 12.1 Å². The van der Waals surface area contributed by atoms with E-state index in [0.29, 0.717) is 5.82 Å². The van der Waals surface area contributed by atoms with Crippen LogP contribution in [-0.2, 0) is 4.79 Å². The largest absolute Gasteiger partial charge is 0.382 e. The Hall–Kier alpha value is -3.72. The Labute approximate surface area is 204 Å². The van der Waals surface area contributed by atoms with Crippen molar-refractivity contribution in [1.82, 2.24) is 29.7 Å². The summed E-state index contributed by atoms with van der Waals surface area (Å²) in [6.45, 7) is 10.9. The van der Waals surface area contributed by atoms with E-state index in [1.54, 1.807) is 13.1 Å². The number of ketones is 1. The number of benzene rings is 1. The standard InChI is InChI=1S/C26H32N8O/c1-15(2)33-22(9-10-30-33)21-12-23(34-25(21)26(27)29-14-31-34)19-7-6-8-20(11-19)32-16(3)13-28-24(17(32)4)18(5)35/h6-12,14-17,24,28H,13H2,1-5H3,(H2,27,29,31).